The minimum atomic E-state index is -0.850. The summed E-state index contributed by atoms with van der Waals surface area (Å²) < 4.78 is 0. The molecule has 0 aliphatic rings. The van der Waals surface area contributed by atoms with Crippen molar-refractivity contribution in [3.8, 4) is 0 Å². The van der Waals surface area contributed by atoms with E-state index >= 15 is 0 Å². The van der Waals surface area contributed by atoms with Crippen molar-refractivity contribution in [3.63, 3.8) is 0 Å². The van der Waals surface area contributed by atoms with E-state index in [4.69, 9.17) is 11.6 Å². The molecule has 0 unspecified atom stereocenters. The zero-order valence-electron chi connectivity index (χ0n) is 19.2. The molecule has 6 nitrogen and oxygen atoms in total. The van der Waals surface area contributed by atoms with Crippen LogP contribution in [0.1, 0.15) is 21.5 Å². The molecule has 0 saturated carbocycles. The maximum Gasteiger partial charge on any atom is 0.262 e. The fourth-order valence-corrected chi connectivity index (χ4v) is 4.30. The predicted molar refractivity (Wildman–Crippen MR) is 144 cm³/mol. The number of hydrogen-bond donors (Lipinski definition) is 3. The molecule has 0 fully saturated rings. The second-order valence-corrected chi connectivity index (χ2v) is 8.84. The highest BCUT2D eigenvalue weighted by Crippen LogP contribution is 2.20. The van der Waals surface area contributed by atoms with E-state index in [2.05, 4.69) is 20.8 Å². The van der Waals surface area contributed by atoms with Crippen LogP contribution in [0.3, 0.4) is 0 Å². The molecule has 0 aliphatic heterocycles. The lowest BCUT2D eigenvalue weighted by Crippen LogP contribution is -2.46. The summed E-state index contributed by atoms with van der Waals surface area (Å²) in [6.45, 7) is 0. The lowest BCUT2D eigenvalue weighted by molar-refractivity contribution is -0.122. The first-order chi connectivity index (χ1) is 17.6. The number of hydrogen-bond acceptors (Lipinski definition) is 3. The van der Waals surface area contributed by atoms with Gasteiger partial charge in [0.2, 0.25) is 0 Å². The monoisotopic (exact) mass is 494 g/mol. The first kappa shape index (κ1) is 23.3. The van der Waals surface area contributed by atoms with E-state index in [0.29, 0.717) is 17.0 Å². The molecule has 1 aromatic heterocycles. The normalized spacial score (nSPS) is 12.1. The van der Waals surface area contributed by atoms with Gasteiger partial charge in [0.05, 0.1) is 6.21 Å². The summed E-state index contributed by atoms with van der Waals surface area (Å²) in [6, 6.07) is 27.4. The minimum Gasteiger partial charge on any atom is -0.361 e. The number of H-pyrrole nitrogens is 1. The van der Waals surface area contributed by atoms with Gasteiger partial charge >= 0.3 is 0 Å². The molecule has 5 aromatic rings. The summed E-state index contributed by atoms with van der Waals surface area (Å²) in [4.78, 5) is 29.4. The lowest BCUT2D eigenvalue weighted by atomic mass is 10.0. The van der Waals surface area contributed by atoms with E-state index in [9.17, 15) is 9.59 Å². The zero-order chi connectivity index (χ0) is 24.9. The minimum absolute atomic E-state index is 0.291. The van der Waals surface area contributed by atoms with Crippen molar-refractivity contribution in [2.45, 2.75) is 12.5 Å². The molecule has 0 aliphatic carbocycles. The average molecular weight is 495 g/mol. The van der Waals surface area contributed by atoms with Gasteiger partial charge in [-0.05, 0) is 46.7 Å². The Labute approximate surface area is 213 Å². The number of para-hydroxylation sites is 1. The molecule has 36 heavy (non-hydrogen) atoms. The molecule has 178 valence electrons. The number of halogens is 1. The number of aromatic nitrogens is 1. The van der Waals surface area contributed by atoms with Gasteiger partial charge < -0.3 is 10.3 Å². The number of carbonyl (C=O) groups excluding carboxylic acids is 2. The number of benzene rings is 4. The Kier molecular flexibility index (Phi) is 6.78. The molecule has 5 rings (SSSR count). The molecule has 0 bridgehead atoms. The van der Waals surface area contributed by atoms with Gasteiger partial charge in [-0.1, -0.05) is 72.3 Å². The zero-order valence-corrected chi connectivity index (χ0v) is 20.0. The standard InChI is InChI=1S/C29H23ClN4O2/c30-23-14-12-20(13-15-23)28(35)33-27(16-22-17-31-26-11-4-3-10-25(22)26)29(36)34-32-18-21-8-5-7-19-6-1-2-9-24(19)21/h1-15,17-18,27,31H,16H2,(H,33,35)(H,34,36)/b32-18-/t27-/m1/s1. The van der Waals surface area contributed by atoms with Gasteiger partial charge in [0, 0.05) is 39.7 Å². The summed E-state index contributed by atoms with van der Waals surface area (Å²) >= 11 is 5.95. The van der Waals surface area contributed by atoms with Crippen LogP contribution in [0.5, 0.6) is 0 Å². The fourth-order valence-electron chi connectivity index (χ4n) is 4.18. The highest BCUT2D eigenvalue weighted by Gasteiger charge is 2.23. The Hall–Kier alpha value is -4.42. The smallest absolute Gasteiger partial charge is 0.262 e. The Morgan fingerprint density at radius 2 is 1.61 bits per heavy atom. The van der Waals surface area contributed by atoms with Crippen molar-refractivity contribution in [1.29, 1.82) is 0 Å². The number of carbonyl (C=O) groups is 2. The summed E-state index contributed by atoms with van der Waals surface area (Å²) in [6.07, 6.45) is 3.77. The Bertz CT molecular complexity index is 1570. The molecule has 0 saturated heterocycles. The molecular weight excluding hydrogens is 472 g/mol. The van der Waals surface area contributed by atoms with Gasteiger partial charge in [0.1, 0.15) is 6.04 Å². The van der Waals surface area contributed by atoms with Gasteiger partial charge in [0.25, 0.3) is 11.8 Å². The van der Waals surface area contributed by atoms with Crippen LogP contribution < -0.4 is 10.7 Å². The molecule has 1 atom stereocenters. The molecule has 1 heterocycles. The van der Waals surface area contributed by atoms with Gasteiger partial charge in [-0.2, -0.15) is 5.10 Å². The lowest BCUT2D eigenvalue weighted by Gasteiger charge is -2.17. The largest absolute Gasteiger partial charge is 0.361 e. The SMILES string of the molecule is O=C(N[C@H](Cc1c[nH]c2ccccc12)C(=O)N/N=C\c1cccc2ccccc12)c1ccc(Cl)cc1. The van der Waals surface area contributed by atoms with Gasteiger partial charge in [-0.3, -0.25) is 9.59 Å². The quantitative estimate of drug-likeness (QED) is 0.207. The number of hydrazone groups is 1. The summed E-state index contributed by atoms with van der Waals surface area (Å²) in [7, 11) is 0. The second-order valence-electron chi connectivity index (χ2n) is 8.40. The molecule has 0 radical (unpaired) electrons. The van der Waals surface area contributed by atoms with Crippen LogP contribution in [0.15, 0.2) is 102 Å². The highest BCUT2D eigenvalue weighted by molar-refractivity contribution is 6.30. The average Bonchev–Trinajstić information content (AvgIpc) is 3.31. The first-order valence-corrected chi connectivity index (χ1v) is 11.9. The van der Waals surface area contributed by atoms with Crippen LogP contribution in [0.2, 0.25) is 5.02 Å². The van der Waals surface area contributed by atoms with Crippen molar-refractivity contribution in [2.24, 2.45) is 5.10 Å². The van der Waals surface area contributed by atoms with E-state index in [0.717, 1.165) is 32.8 Å². The summed E-state index contributed by atoms with van der Waals surface area (Å²) in [5.74, 6) is -0.788. The Morgan fingerprint density at radius 1 is 0.889 bits per heavy atom. The molecular formula is C29H23ClN4O2. The van der Waals surface area contributed by atoms with Crippen LogP contribution in [-0.4, -0.2) is 29.1 Å². The Morgan fingerprint density at radius 3 is 2.44 bits per heavy atom. The summed E-state index contributed by atoms with van der Waals surface area (Å²) in [5, 5.41) is 10.7. The van der Waals surface area contributed by atoms with Crippen LogP contribution in [0, 0.1) is 0 Å². The third kappa shape index (κ3) is 5.14. The van der Waals surface area contributed by atoms with Crippen LogP contribution >= 0.6 is 11.6 Å². The van der Waals surface area contributed by atoms with Crippen LogP contribution in [-0.2, 0) is 11.2 Å². The van der Waals surface area contributed by atoms with Crippen molar-refractivity contribution in [3.05, 3.63) is 119 Å². The van der Waals surface area contributed by atoms with E-state index < -0.39 is 11.9 Å². The number of nitrogens with one attached hydrogen (secondary N) is 3. The van der Waals surface area contributed by atoms with Crippen molar-refractivity contribution < 1.29 is 9.59 Å². The predicted octanol–water partition coefficient (Wildman–Crippen LogP) is 5.47. The molecule has 4 aromatic carbocycles. The van der Waals surface area contributed by atoms with E-state index in [-0.39, 0.29) is 5.91 Å². The van der Waals surface area contributed by atoms with Crippen molar-refractivity contribution in [2.75, 3.05) is 0 Å². The van der Waals surface area contributed by atoms with Gasteiger partial charge in [-0.15, -0.1) is 0 Å². The van der Waals surface area contributed by atoms with E-state index in [1.165, 1.54) is 0 Å². The number of rotatable bonds is 7. The number of amides is 2. The van der Waals surface area contributed by atoms with E-state index in [1.807, 2.05) is 72.9 Å². The van der Waals surface area contributed by atoms with Crippen molar-refractivity contribution in [1.82, 2.24) is 15.7 Å². The topological polar surface area (TPSA) is 86.3 Å². The fraction of sp³-hybridized carbons (Fsp3) is 0.0690. The second kappa shape index (κ2) is 10.5. The van der Waals surface area contributed by atoms with Crippen molar-refractivity contribution >= 4 is 51.3 Å². The first-order valence-electron chi connectivity index (χ1n) is 11.5. The maximum absolute atomic E-state index is 13.2. The number of aromatic amines is 1. The number of nitrogens with zero attached hydrogens (tertiary/aromatic N) is 1. The Balaban J connectivity index is 1.37. The van der Waals surface area contributed by atoms with Crippen LogP contribution in [0.4, 0.5) is 0 Å². The van der Waals surface area contributed by atoms with E-state index in [1.54, 1.807) is 30.5 Å². The van der Waals surface area contributed by atoms with Gasteiger partial charge in [-0.25, -0.2) is 5.43 Å². The summed E-state index contributed by atoms with van der Waals surface area (Å²) in [5.41, 5.74) is 5.78. The molecule has 3 N–H and O–H groups in total. The van der Waals surface area contributed by atoms with Gasteiger partial charge in [0.15, 0.2) is 0 Å². The highest BCUT2D eigenvalue weighted by atomic mass is 35.5. The maximum atomic E-state index is 13.2. The third-order valence-electron chi connectivity index (χ3n) is 6.03. The number of fused-ring (bicyclic) bond motifs is 2. The molecule has 7 heteroatoms. The third-order valence-corrected chi connectivity index (χ3v) is 6.28. The molecule has 2 amide bonds. The molecule has 0 spiro atoms. The van der Waals surface area contributed by atoms with Crippen LogP contribution in [0.25, 0.3) is 21.7 Å².